The van der Waals surface area contributed by atoms with Crippen molar-refractivity contribution in [3.8, 4) is 0 Å². The molecule has 1 aromatic carbocycles. The molecule has 0 bridgehead atoms. The third-order valence-corrected chi connectivity index (χ3v) is 7.08. The third-order valence-electron chi connectivity index (χ3n) is 7.08. The second-order valence-corrected chi connectivity index (χ2v) is 8.94. The molecular weight excluding hydrogens is 396 g/mol. The lowest BCUT2D eigenvalue weighted by Crippen LogP contribution is -2.61. The Morgan fingerprint density at radius 1 is 1.03 bits per heavy atom. The van der Waals surface area contributed by atoms with Crippen molar-refractivity contribution < 1.29 is 9.59 Å². The van der Waals surface area contributed by atoms with Crippen molar-refractivity contribution in [1.82, 2.24) is 29.6 Å². The van der Waals surface area contributed by atoms with Gasteiger partial charge in [0, 0.05) is 65.3 Å². The Balaban J connectivity index is 1.28. The maximum absolute atomic E-state index is 12.9. The molecule has 1 aromatic heterocycles. The van der Waals surface area contributed by atoms with E-state index in [-0.39, 0.29) is 18.0 Å². The fourth-order valence-corrected chi connectivity index (χ4v) is 4.97. The van der Waals surface area contributed by atoms with Gasteiger partial charge in [-0.25, -0.2) is 4.79 Å². The number of hydrogen-bond acceptors (Lipinski definition) is 6. The van der Waals surface area contributed by atoms with Crippen molar-refractivity contribution >= 4 is 22.8 Å². The summed E-state index contributed by atoms with van der Waals surface area (Å²) in [5.41, 5.74) is 2.54. The van der Waals surface area contributed by atoms with E-state index in [0.29, 0.717) is 6.42 Å². The number of piperidine rings is 1. The molecule has 0 saturated carbocycles. The van der Waals surface area contributed by atoms with Gasteiger partial charge in [0.05, 0.1) is 11.0 Å². The summed E-state index contributed by atoms with van der Waals surface area (Å²) >= 11 is 0. The van der Waals surface area contributed by atoms with Crippen LogP contribution in [0.1, 0.15) is 24.4 Å². The highest BCUT2D eigenvalue weighted by Gasteiger charge is 2.31. The van der Waals surface area contributed by atoms with Crippen molar-refractivity contribution in [2.24, 2.45) is 7.05 Å². The molecule has 3 aliphatic rings. The maximum Gasteiger partial charge on any atom is 0.329 e. The molecule has 9 nitrogen and oxygen atoms in total. The highest BCUT2D eigenvalue weighted by molar-refractivity contribution is 6.00. The van der Waals surface area contributed by atoms with Crippen LogP contribution in [0.4, 0.5) is 0 Å². The number of rotatable bonds is 5. The Hall–Kier alpha value is -2.49. The van der Waals surface area contributed by atoms with Crippen molar-refractivity contribution in [3.05, 3.63) is 34.2 Å². The van der Waals surface area contributed by atoms with Gasteiger partial charge >= 0.3 is 5.69 Å². The van der Waals surface area contributed by atoms with Gasteiger partial charge in [0.1, 0.15) is 6.04 Å². The van der Waals surface area contributed by atoms with E-state index in [9.17, 15) is 14.4 Å². The van der Waals surface area contributed by atoms with Crippen LogP contribution in [-0.2, 0) is 23.1 Å². The van der Waals surface area contributed by atoms with Gasteiger partial charge in [-0.2, -0.15) is 0 Å². The number of nitrogens with zero attached hydrogens (tertiary/aromatic N) is 4. The van der Waals surface area contributed by atoms with Crippen LogP contribution in [-0.4, -0.2) is 82.6 Å². The Morgan fingerprint density at radius 2 is 1.81 bits per heavy atom. The fraction of sp³-hybridized carbons (Fsp3) is 0.591. The van der Waals surface area contributed by atoms with Crippen LogP contribution < -0.4 is 16.3 Å². The van der Waals surface area contributed by atoms with Gasteiger partial charge in [-0.05, 0) is 30.5 Å². The number of fused-ring (bicyclic) bond motifs is 1. The summed E-state index contributed by atoms with van der Waals surface area (Å²) in [5, 5.41) is 5.70. The second kappa shape index (κ2) is 8.22. The van der Waals surface area contributed by atoms with Crippen LogP contribution in [0.25, 0.3) is 11.0 Å². The summed E-state index contributed by atoms with van der Waals surface area (Å²) < 4.78 is 3.14. The largest absolute Gasteiger partial charge is 0.329 e. The Labute approximate surface area is 181 Å². The number of amides is 2. The van der Waals surface area contributed by atoms with Gasteiger partial charge in [-0.3, -0.25) is 28.9 Å². The van der Waals surface area contributed by atoms with Gasteiger partial charge < -0.3 is 10.2 Å². The molecule has 2 amide bonds. The average Bonchev–Trinajstić information content (AvgIpc) is 2.97. The summed E-state index contributed by atoms with van der Waals surface area (Å²) in [5.74, 6) is -0.672. The predicted octanol–water partition coefficient (Wildman–Crippen LogP) is -0.550. The first-order valence-corrected chi connectivity index (χ1v) is 11.2. The van der Waals surface area contributed by atoms with Crippen LogP contribution in [0, 0.1) is 0 Å². The SMILES string of the molecule is Cn1c(=O)n(C2CCC(=O)NC2=O)c2ccc(CCN3CCN(C4CNC4)CC3)cc21. The molecule has 3 saturated heterocycles. The highest BCUT2D eigenvalue weighted by atomic mass is 16.2. The highest BCUT2D eigenvalue weighted by Crippen LogP contribution is 2.24. The molecule has 1 unspecified atom stereocenters. The van der Waals surface area contributed by atoms with Gasteiger partial charge in [0.25, 0.3) is 0 Å². The van der Waals surface area contributed by atoms with E-state index in [1.165, 1.54) is 10.1 Å². The summed E-state index contributed by atoms with van der Waals surface area (Å²) in [7, 11) is 1.74. The Morgan fingerprint density at radius 3 is 2.48 bits per heavy atom. The Kier molecular flexibility index (Phi) is 5.41. The Bertz CT molecular complexity index is 1060. The fourth-order valence-electron chi connectivity index (χ4n) is 4.97. The van der Waals surface area contributed by atoms with E-state index < -0.39 is 11.9 Å². The van der Waals surface area contributed by atoms with Crippen LogP contribution in [0.5, 0.6) is 0 Å². The predicted molar refractivity (Wildman–Crippen MR) is 117 cm³/mol. The van der Waals surface area contributed by atoms with Crippen molar-refractivity contribution in [2.45, 2.75) is 31.3 Å². The number of aromatic nitrogens is 2. The minimum Gasteiger partial charge on any atom is -0.314 e. The zero-order valence-corrected chi connectivity index (χ0v) is 18.0. The number of benzene rings is 1. The molecule has 2 N–H and O–H groups in total. The molecule has 166 valence electrons. The topological polar surface area (TPSA) is 91.6 Å². The quantitative estimate of drug-likeness (QED) is 0.624. The van der Waals surface area contributed by atoms with Gasteiger partial charge in [0.15, 0.2) is 0 Å². The van der Waals surface area contributed by atoms with Crippen LogP contribution >= 0.6 is 0 Å². The van der Waals surface area contributed by atoms with Crippen LogP contribution in [0.15, 0.2) is 23.0 Å². The van der Waals surface area contributed by atoms with Gasteiger partial charge in [-0.1, -0.05) is 6.07 Å². The molecule has 3 fully saturated rings. The first-order valence-electron chi connectivity index (χ1n) is 11.2. The zero-order chi connectivity index (χ0) is 21.5. The molecule has 0 radical (unpaired) electrons. The molecule has 5 rings (SSSR count). The zero-order valence-electron chi connectivity index (χ0n) is 18.0. The summed E-state index contributed by atoms with van der Waals surface area (Å²) in [6, 6.07) is 6.15. The molecular formula is C22H30N6O3. The molecule has 31 heavy (non-hydrogen) atoms. The molecule has 0 spiro atoms. The minimum absolute atomic E-state index is 0.219. The van der Waals surface area contributed by atoms with Crippen molar-refractivity contribution in [2.75, 3.05) is 45.8 Å². The number of piperazine rings is 1. The van der Waals surface area contributed by atoms with E-state index in [1.807, 2.05) is 6.07 Å². The van der Waals surface area contributed by atoms with Crippen molar-refractivity contribution in [1.29, 1.82) is 0 Å². The number of carbonyl (C=O) groups excluding carboxylic acids is 2. The lowest BCUT2D eigenvalue weighted by Gasteiger charge is -2.43. The molecule has 3 aliphatic heterocycles. The number of imidazole rings is 1. The number of aryl methyl sites for hydroxylation is 1. The monoisotopic (exact) mass is 426 g/mol. The molecule has 9 heteroatoms. The summed E-state index contributed by atoms with van der Waals surface area (Å²) in [4.78, 5) is 41.8. The molecule has 0 aliphatic carbocycles. The number of carbonyl (C=O) groups is 2. The first kappa shape index (κ1) is 20.4. The summed E-state index contributed by atoms with van der Waals surface area (Å²) in [6.07, 6.45) is 1.54. The minimum atomic E-state index is -0.637. The van der Waals surface area contributed by atoms with Gasteiger partial charge in [-0.15, -0.1) is 0 Å². The normalized spacial score (nSPS) is 23.8. The summed E-state index contributed by atoms with van der Waals surface area (Å²) in [6.45, 7) is 7.72. The number of nitrogens with one attached hydrogen (secondary N) is 2. The van der Waals surface area contributed by atoms with Crippen LogP contribution in [0.3, 0.4) is 0 Å². The molecule has 2 aromatic rings. The van der Waals surface area contributed by atoms with E-state index in [2.05, 4.69) is 32.6 Å². The average molecular weight is 427 g/mol. The maximum atomic E-state index is 12.9. The first-order chi connectivity index (χ1) is 15.0. The standard InChI is InChI=1S/C22H30N6O3/c1-25-19-12-15(6-7-26-8-10-27(11-9-26)16-13-23-14-16)2-3-17(19)28(22(25)31)18-4-5-20(29)24-21(18)30/h2-3,12,16,18,23H,4-11,13-14H2,1H3,(H,24,29,30). The number of imide groups is 1. The third kappa shape index (κ3) is 3.81. The van der Waals surface area contributed by atoms with E-state index >= 15 is 0 Å². The van der Waals surface area contributed by atoms with E-state index in [4.69, 9.17) is 0 Å². The second-order valence-electron chi connectivity index (χ2n) is 8.94. The van der Waals surface area contributed by atoms with E-state index in [0.717, 1.165) is 69.3 Å². The lowest BCUT2D eigenvalue weighted by molar-refractivity contribution is -0.135. The van der Waals surface area contributed by atoms with E-state index in [1.54, 1.807) is 11.6 Å². The molecule has 4 heterocycles. The lowest BCUT2D eigenvalue weighted by atomic mass is 10.1. The van der Waals surface area contributed by atoms with Crippen molar-refractivity contribution in [3.63, 3.8) is 0 Å². The number of hydrogen-bond donors (Lipinski definition) is 2. The molecule has 1 atom stereocenters. The smallest absolute Gasteiger partial charge is 0.314 e. The van der Waals surface area contributed by atoms with Crippen LogP contribution in [0.2, 0.25) is 0 Å². The van der Waals surface area contributed by atoms with Gasteiger partial charge in [0.2, 0.25) is 11.8 Å².